The average molecular weight is 314 g/mol. The first-order chi connectivity index (χ1) is 8.70. The second-order valence-electron chi connectivity index (χ2n) is 3.76. The lowest BCUT2D eigenvalue weighted by Gasteiger charge is -2.07. The van der Waals surface area contributed by atoms with Gasteiger partial charge < -0.3 is 14.5 Å². The highest BCUT2D eigenvalue weighted by atomic mass is 79.9. The predicted octanol–water partition coefficient (Wildman–Crippen LogP) is 3.48. The molecule has 0 aliphatic rings. The van der Waals surface area contributed by atoms with Crippen LogP contribution in [0.15, 0.2) is 39.4 Å². The van der Waals surface area contributed by atoms with Gasteiger partial charge in [-0.2, -0.15) is 0 Å². The number of nitrogens with one attached hydrogen (secondary N) is 1. The van der Waals surface area contributed by atoms with Crippen molar-refractivity contribution >= 4 is 15.9 Å². The molecule has 1 heterocycles. The van der Waals surface area contributed by atoms with Crippen LogP contribution in [-0.4, -0.2) is 7.05 Å². The van der Waals surface area contributed by atoms with E-state index in [1.807, 2.05) is 13.1 Å². The molecule has 0 aliphatic carbocycles. The van der Waals surface area contributed by atoms with Gasteiger partial charge in [0.05, 0.1) is 17.3 Å². The summed E-state index contributed by atoms with van der Waals surface area (Å²) < 4.78 is 24.4. The molecule has 0 spiro atoms. The average Bonchev–Trinajstić information content (AvgIpc) is 2.79. The largest absolute Gasteiger partial charge is 0.489 e. The van der Waals surface area contributed by atoms with E-state index in [9.17, 15) is 4.39 Å². The second kappa shape index (κ2) is 6.02. The van der Waals surface area contributed by atoms with Gasteiger partial charge in [0.2, 0.25) is 0 Å². The Balaban J connectivity index is 2.02. The minimum atomic E-state index is -0.304. The Bertz CT molecular complexity index is 527. The van der Waals surface area contributed by atoms with Gasteiger partial charge in [0.15, 0.2) is 0 Å². The molecule has 18 heavy (non-hydrogen) atoms. The van der Waals surface area contributed by atoms with Crippen molar-refractivity contribution in [3.63, 3.8) is 0 Å². The lowest BCUT2D eigenvalue weighted by molar-refractivity contribution is 0.301. The monoisotopic (exact) mass is 313 g/mol. The predicted molar refractivity (Wildman–Crippen MR) is 69.9 cm³/mol. The molecule has 2 rings (SSSR count). The fourth-order valence-electron chi connectivity index (χ4n) is 1.54. The summed E-state index contributed by atoms with van der Waals surface area (Å²) in [5.74, 6) is 1.15. The van der Waals surface area contributed by atoms with E-state index in [2.05, 4.69) is 21.2 Å². The summed E-state index contributed by atoms with van der Waals surface area (Å²) in [7, 11) is 1.85. The Morgan fingerprint density at radius 1 is 1.39 bits per heavy atom. The highest BCUT2D eigenvalue weighted by Crippen LogP contribution is 2.23. The van der Waals surface area contributed by atoms with Gasteiger partial charge in [0.1, 0.15) is 23.9 Å². The molecule has 0 saturated heterocycles. The first-order valence-electron chi connectivity index (χ1n) is 5.48. The second-order valence-corrected chi connectivity index (χ2v) is 4.62. The molecule has 0 saturated carbocycles. The first kappa shape index (κ1) is 13.1. The van der Waals surface area contributed by atoms with E-state index >= 15 is 0 Å². The maximum Gasteiger partial charge on any atom is 0.137 e. The van der Waals surface area contributed by atoms with Gasteiger partial charge in [0.25, 0.3) is 0 Å². The van der Waals surface area contributed by atoms with Crippen molar-refractivity contribution in [3.8, 4) is 5.75 Å². The van der Waals surface area contributed by atoms with Crippen LogP contribution in [0.2, 0.25) is 0 Å². The van der Waals surface area contributed by atoms with E-state index in [-0.39, 0.29) is 5.82 Å². The van der Waals surface area contributed by atoms with E-state index in [4.69, 9.17) is 9.15 Å². The number of halogens is 2. The fraction of sp³-hybridized carbons (Fsp3) is 0.231. The summed E-state index contributed by atoms with van der Waals surface area (Å²) in [5.41, 5.74) is 0.977. The van der Waals surface area contributed by atoms with Crippen LogP contribution in [-0.2, 0) is 13.2 Å². The zero-order valence-electron chi connectivity index (χ0n) is 9.87. The van der Waals surface area contributed by atoms with Crippen molar-refractivity contribution in [1.82, 2.24) is 5.32 Å². The molecule has 1 aromatic carbocycles. The smallest absolute Gasteiger partial charge is 0.137 e. The van der Waals surface area contributed by atoms with Crippen LogP contribution in [0.1, 0.15) is 11.3 Å². The Hall–Kier alpha value is -1.33. The normalized spacial score (nSPS) is 10.6. The summed E-state index contributed by atoms with van der Waals surface area (Å²) in [6.45, 7) is 1.05. The third-order valence-electron chi connectivity index (χ3n) is 2.46. The van der Waals surface area contributed by atoms with Crippen LogP contribution >= 0.6 is 15.9 Å². The minimum Gasteiger partial charge on any atom is -0.489 e. The Kier molecular flexibility index (Phi) is 4.38. The van der Waals surface area contributed by atoms with Crippen LogP contribution in [0.25, 0.3) is 0 Å². The van der Waals surface area contributed by atoms with Crippen molar-refractivity contribution in [2.24, 2.45) is 0 Å². The molecule has 0 unspecified atom stereocenters. The molecular weight excluding hydrogens is 301 g/mol. The Morgan fingerprint density at radius 2 is 2.22 bits per heavy atom. The lowest BCUT2D eigenvalue weighted by Crippen LogP contribution is -2.07. The standard InChI is InChI=1S/C13H13BrFNO2/c1-16-7-13-9(4-5-17-13)8-18-10-2-3-12(15)11(14)6-10/h2-6,16H,7-8H2,1H3. The van der Waals surface area contributed by atoms with E-state index < -0.39 is 0 Å². The van der Waals surface area contributed by atoms with Crippen molar-refractivity contribution in [2.75, 3.05) is 7.05 Å². The van der Waals surface area contributed by atoms with E-state index in [1.165, 1.54) is 6.07 Å². The maximum absolute atomic E-state index is 13.1. The number of ether oxygens (including phenoxy) is 1. The number of furan rings is 1. The molecule has 1 aromatic heterocycles. The van der Waals surface area contributed by atoms with Crippen molar-refractivity contribution < 1.29 is 13.5 Å². The van der Waals surface area contributed by atoms with Crippen LogP contribution in [0.4, 0.5) is 4.39 Å². The molecule has 5 heteroatoms. The zero-order valence-corrected chi connectivity index (χ0v) is 11.5. The molecule has 96 valence electrons. The molecule has 3 nitrogen and oxygen atoms in total. The van der Waals surface area contributed by atoms with Gasteiger partial charge in [-0.05, 0) is 47.2 Å². The van der Waals surface area contributed by atoms with Crippen LogP contribution in [0.5, 0.6) is 5.75 Å². The quantitative estimate of drug-likeness (QED) is 0.917. The number of benzene rings is 1. The number of hydrogen-bond donors (Lipinski definition) is 1. The molecule has 2 aromatic rings. The number of rotatable bonds is 5. The summed E-state index contributed by atoms with van der Waals surface area (Å²) in [4.78, 5) is 0. The highest BCUT2D eigenvalue weighted by Gasteiger charge is 2.07. The summed E-state index contributed by atoms with van der Waals surface area (Å²) in [6.07, 6.45) is 1.63. The number of hydrogen-bond acceptors (Lipinski definition) is 3. The van der Waals surface area contributed by atoms with Crippen molar-refractivity contribution in [2.45, 2.75) is 13.2 Å². The van der Waals surface area contributed by atoms with Gasteiger partial charge in [0, 0.05) is 5.56 Å². The van der Waals surface area contributed by atoms with Crippen molar-refractivity contribution in [3.05, 3.63) is 52.1 Å². The summed E-state index contributed by atoms with van der Waals surface area (Å²) >= 11 is 3.12. The Labute approximate surface area is 113 Å². The third-order valence-corrected chi connectivity index (χ3v) is 3.07. The molecule has 1 N–H and O–H groups in total. The van der Waals surface area contributed by atoms with Crippen LogP contribution in [0.3, 0.4) is 0 Å². The topological polar surface area (TPSA) is 34.4 Å². The third kappa shape index (κ3) is 3.11. The zero-order chi connectivity index (χ0) is 13.0. The van der Waals surface area contributed by atoms with E-state index in [0.29, 0.717) is 23.4 Å². The highest BCUT2D eigenvalue weighted by molar-refractivity contribution is 9.10. The molecule has 0 atom stereocenters. The Morgan fingerprint density at radius 3 is 2.94 bits per heavy atom. The van der Waals surface area contributed by atoms with Gasteiger partial charge in [-0.1, -0.05) is 0 Å². The molecule has 0 bridgehead atoms. The van der Waals surface area contributed by atoms with Crippen molar-refractivity contribution in [1.29, 1.82) is 0 Å². The molecule has 0 aliphatic heterocycles. The fourth-order valence-corrected chi connectivity index (χ4v) is 1.90. The van der Waals surface area contributed by atoms with Crippen LogP contribution < -0.4 is 10.1 Å². The minimum absolute atomic E-state index is 0.304. The van der Waals surface area contributed by atoms with Gasteiger partial charge in [-0.25, -0.2) is 4.39 Å². The summed E-state index contributed by atoms with van der Waals surface area (Å²) in [6, 6.07) is 6.43. The van der Waals surface area contributed by atoms with E-state index in [0.717, 1.165) is 11.3 Å². The first-order valence-corrected chi connectivity index (χ1v) is 6.27. The SMILES string of the molecule is CNCc1occc1COc1ccc(F)c(Br)c1. The van der Waals surface area contributed by atoms with Gasteiger partial charge >= 0.3 is 0 Å². The maximum atomic E-state index is 13.1. The summed E-state index contributed by atoms with van der Waals surface area (Å²) in [5, 5.41) is 3.02. The van der Waals surface area contributed by atoms with Gasteiger partial charge in [-0.3, -0.25) is 0 Å². The molecule has 0 amide bonds. The molecule has 0 radical (unpaired) electrons. The molecular formula is C13H13BrFNO2. The molecule has 0 fully saturated rings. The van der Waals surface area contributed by atoms with Crippen LogP contribution in [0, 0.1) is 5.82 Å². The van der Waals surface area contributed by atoms with E-state index in [1.54, 1.807) is 18.4 Å². The van der Waals surface area contributed by atoms with Gasteiger partial charge in [-0.15, -0.1) is 0 Å². The lowest BCUT2D eigenvalue weighted by atomic mass is 10.2.